The monoisotopic (exact) mass is 443 g/mol. The maximum absolute atomic E-state index is 10.8. The molecule has 0 spiro atoms. The number of hydrogen-bond acceptors (Lipinski definition) is 8. The van der Waals surface area contributed by atoms with E-state index in [1.807, 2.05) is 24.3 Å². The fourth-order valence-electron chi connectivity index (χ4n) is 4.07. The number of nitrogens with zero attached hydrogens (tertiary/aromatic N) is 2. The van der Waals surface area contributed by atoms with Crippen LogP contribution in [-0.4, -0.2) is 32.4 Å². The van der Waals surface area contributed by atoms with Crippen molar-refractivity contribution < 1.29 is 14.8 Å². The molecule has 0 saturated heterocycles. The highest BCUT2D eigenvalue weighted by molar-refractivity contribution is 7.97. The maximum Gasteiger partial charge on any atom is 0.265 e. The molecule has 1 saturated carbocycles. The maximum atomic E-state index is 10.8. The zero-order valence-electron chi connectivity index (χ0n) is 16.9. The summed E-state index contributed by atoms with van der Waals surface area (Å²) in [4.78, 5) is 11.3. The summed E-state index contributed by atoms with van der Waals surface area (Å²) in [5, 5.41) is 36.7. The summed E-state index contributed by atoms with van der Waals surface area (Å²) in [5.41, 5.74) is 2.78. The number of nitrogens with two attached hydrogens (primary N) is 1. The summed E-state index contributed by atoms with van der Waals surface area (Å²) in [6.45, 7) is -0.0797. The van der Waals surface area contributed by atoms with Gasteiger partial charge in [-0.3, -0.25) is 20.4 Å². The van der Waals surface area contributed by atoms with Crippen molar-refractivity contribution in [3.63, 3.8) is 0 Å². The smallest absolute Gasteiger partial charge is 0.265 e. The Kier molecular flexibility index (Phi) is 6.71. The molecule has 164 valence electrons. The standard InChI is InChI=1S/C21H25N5O4S/c22-31-20-8-2-15(9-14(20)12-27)23-21-11-19(24-25-21)13-1-5-18(10-13)30-17-6-3-16(4-7-17)26(28)29/h2-4,6,8-9,11,13,17-18,27H,1,5,7,10,12,22H2,(H2,23,24,25). The molecular weight excluding hydrogens is 418 g/mol. The van der Waals surface area contributed by atoms with Crippen LogP contribution in [0.15, 0.2) is 53.1 Å². The molecule has 0 bridgehead atoms. The fourth-order valence-corrected chi connectivity index (χ4v) is 4.49. The van der Waals surface area contributed by atoms with Crippen molar-refractivity contribution in [2.24, 2.45) is 5.14 Å². The molecule has 31 heavy (non-hydrogen) atoms. The molecule has 0 radical (unpaired) electrons. The molecule has 1 aromatic heterocycles. The number of anilines is 2. The van der Waals surface area contributed by atoms with E-state index < -0.39 is 0 Å². The van der Waals surface area contributed by atoms with Gasteiger partial charge in [0.2, 0.25) is 0 Å². The zero-order chi connectivity index (χ0) is 21.8. The lowest BCUT2D eigenvalue weighted by Gasteiger charge is -2.19. The molecule has 10 heteroatoms. The van der Waals surface area contributed by atoms with Gasteiger partial charge in [-0.15, -0.1) is 0 Å². The second kappa shape index (κ2) is 9.65. The number of hydrogen-bond donors (Lipinski definition) is 4. The zero-order valence-corrected chi connectivity index (χ0v) is 17.7. The molecule has 0 amide bonds. The molecule has 1 heterocycles. The van der Waals surface area contributed by atoms with Crippen LogP contribution in [0.4, 0.5) is 11.5 Å². The number of aromatic nitrogens is 2. The molecule has 0 aliphatic heterocycles. The number of aliphatic hydroxyl groups is 1. The Balaban J connectivity index is 1.32. The summed E-state index contributed by atoms with van der Waals surface area (Å²) in [6, 6.07) is 7.64. The molecular formula is C21H25N5O4S. The molecule has 1 fully saturated rings. The highest BCUT2D eigenvalue weighted by atomic mass is 32.2. The van der Waals surface area contributed by atoms with E-state index in [-0.39, 0.29) is 29.4 Å². The van der Waals surface area contributed by atoms with Gasteiger partial charge in [0.05, 0.1) is 23.7 Å². The summed E-state index contributed by atoms with van der Waals surface area (Å²) in [7, 11) is 0. The van der Waals surface area contributed by atoms with E-state index in [0.29, 0.717) is 18.2 Å². The first kappa shape index (κ1) is 21.6. The molecule has 9 nitrogen and oxygen atoms in total. The van der Waals surface area contributed by atoms with Gasteiger partial charge in [-0.25, -0.2) is 0 Å². The van der Waals surface area contributed by atoms with Crippen molar-refractivity contribution in [3.05, 3.63) is 69.6 Å². The number of ether oxygens (including phenoxy) is 1. The average molecular weight is 444 g/mol. The van der Waals surface area contributed by atoms with E-state index in [1.54, 1.807) is 12.2 Å². The van der Waals surface area contributed by atoms with Gasteiger partial charge in [0.15, 0.2) is 5.82 Å². The van der Waals surface area contributed by atoms with Gasteiger partial charge in [0.1, 0.15) is 0 Å². The van der Waals surface area contributed by atoms with Gasteiger partial charge in [-0.2, -0.15) is 5.10 Å². The number of benzene rings is 1. The van der Waals surface area contributed by atoms with E-state index in [1.165, 1.54) is 6.08 Å². The lowest BCUT2D eigenvalue weighted by atomic mass is 10.0. The van der Waals surface area contributed by atoms with E-state index >= 15 is 0 Å². The quantitative estimate of drug-likeness (QED) is 0.275. The van der Waals surface area contributed by atoms with E-state index in [9.17, 15) is 15.2 Å². The van der Waals surface area contributed by atoms with Crippen LogP contribution < -0.4 is 10.5 Å². The number of nitro groups is 1. The Morgan fingerprint density at radius 2 is 2.26 bits per heavy atom. The minimum absolute atomic E-state index is 0.0797. The summed E-state index contributed by atoms with van der Waals surface area (Å²) < 4.78 is 6.14. The molecule has 2 aromatic rings. The van der Waals surface area contributed by atoms with Crippen LogP contribution in [0, 0.1) is 10.1 Å². The molecule has 4 rings (SSSR count). The molecule has 1 aromatic carbocycles. The largest absolute Gasteiger partial charge is 0.392 e. The first-order valence-corrected chi connectivity index (χ1v) is 11.0. The first-order valence-electron chi connectivity index (χ1n) is 10.2. The Labute approximate surface area is 184 Å². The Bertz CT molecular complexity index is 1010. The lowest BCUT2D eigenvalue weighted by Crippen LogP contribution is -2.20. The van der Waals surface area contributed by atoms with E-state index in [2.05, 4.69) is 15.5 Å². The van der Waals surface area contributed by atoms with Crippen LogP contribution >= 0.6 is 11.9 Å². The van der Waals surface area contributed by atoms with Gasteiger partial charge in [-0.05, 0) is 67.1 Å². The van der Waals surface area contributed by atoms with E-state index in [4.69, 9.17) is 9.88 Å². The Morgan fingerprint density at radius 1 is 1.39 bits per heavy atom. The number of allylic oxidation sites excluding steroid dienone is 1. The normalized spacial score (nSPS) is 23.0. The number of aliphatic hydroxyl groups excluding tert-OH is 1. The molecule has 3 atom stereocenters. The van der Waals surface area contributed by atoms with Gasteiger partial charge < -0.3 is 15.2 Å². The van der Waals surface area contributed by atoms with Crippen LogP contribution in [0.3, 0.4) is 0 Å². The van der Waals surface area contributed by atoms with Crippen molar-refractivity contribution in [1.82, 2.24) is 10.2 Å². The second-order valence-electron chi connectivity index (χ2n) is 7.72. The van der Waals surface area contributed by atoms with Gasteiger partial charge >= 0.3 is 0 Å². The second-order valence-corrected chi connectivity index (χ2v) is 8.39. The van der Waals surface area contributed by atoms with Gasteiger partial charge in [0, 0.05) is 40.8 Å². The average Bonchev–Trinajstić information content (AvgIpc) is 3.43. The Hall–Kier alpha value is -2.66. The summed E-state index contributed by atoms with van der Waals surface area (Å²) >= 11 is 1.11. The summed E-state index contributed by atoms with van der Waals surface area (Å²) in [5.74, 6) is 1.04. The highest BCUT2D eigenvalue weighted by Gasteiger charge is 2.30. The Morgan fingerprint density at radius 3 is 2.97 bits per heavy atom. The van der Waals surface area contributed by atoms with Crippen LogP contribution in [0.1, 0.15) is 42.9 Å². The third-order valence-corrected chi connectivity index (χ3v) is 6.32. The van der Waals surface area contributed by atoms with Crippen molar-refractivity contribution in [3.8, 4) is 0 Å². The minimum Gasteiger partial charge on any atom is -0.392 e. The summed E-state index contributed by atoms with van der Waals surface area (Å²) in [6.07, 6.45) is 8.28. The molecule has 2 aliphatic carbocycles. The topological polar surface area (TPSA) is 139 Å². The molecule has 2 aliphatic rings. The highest BCUT2D eigenvalue weighted by Crippen LogP contribution is 2.37. The van der Waals surface area contributed by atoms with Crippen LogP contribution in [0.25, 0.3) is 0 Å². The third kappa shape index (κ3) is 5.16. The third-order valence-electron chi connectivity index (χ3n) is 5.67. The van der Waals surface area contributed by atoms with Crippen molar-refractivity contribution in [2.45, 2.75) is 55.3 Å². The minimum atomic E-state index is -0.377. The fraction of sp³-hybridized carbons (Fsp3) is 0.381. The van der Waals surface area contributed by atoms with Crippen molar-refractivity contribution in [1.29, 1.82) is 0 Å². The number of rotatable bonds is 8. The molecule has 5 N–H and O–H groups in total. The van der Waals surface area contributed by atoms with Crippen molar-refractivity contribution in [2.75, 3.05) is 5.32 Å². The van der Waals surface area contributed by atoms with Crippen LogP contribution in [0.2, 0.25) is 0 Å². The van der Waals surface area contributed by atoms with Crippen LogP contribution in [-0.2, 0) is 11.3 Å². The predicted octanol–water partition coefficient (Wildman–Crippen LogP) is 3.75. The SMILES string of the molecule is NSc1ccc(Nc2cc(C3CCC(OC4C=CC([N+](=O)[O-])=CC4)C3)[nH]n2)cc1CO. The van der Waals surface area contributed by atoms with Gasteiger partial charge in [-0.1, -0.05) is 0 Å². The van der Waals surface area contributed by atoms with Crippen LogP contribution in [0.5, 0.6) is 0 Å². The molecule has 3 unspecified atom stereocenters. The number of nitrogens with one attached hydrogen (secondary N) is 2. The number of aromatic amines is 1. The number of H-pyrrole nitrogens is 1. The van der Waals surface area contributed by atoms with Crippen molar-refractivity contribution >= 4 is 23.5 Å². The van der Waals surface area contributed by atoms with E-state index in [0.717, 1.165) is 53.1 Å². The first-order chi connectivity index (χ1) is 15.1. The predicted molar refractivity (Wildman–Crippen MR) is 118 cm³/mol. The lowest BCUT2D eigenvalue weighted by molar-refractivity contribution is -0.419. The van der Waals surface area contributed by atoms with Gasteiger partial charge in [0.25, 0.3) is 5.70 Å².